The lowest BCUT2D eigenvalue weighted by Gasteiger charge is -2.19. The van der Waals surface area contributed by atoms with E-state index in [0.29, 0.717) is 23.0 Å². The Morgan fingerprint density at radius 3 is 2.44 bits per heavy atom. The van der Waals surface area contributed by atoms with Crippen molar-refractivity contribution < 1.29 is 9.72 Å². The highest BCUT2D eigenvalue weighted by Crippen LogP contribution is 2.28. The standard InChI is InChI=1S/C23H27N5O3S/c1-6-27-21(16-10-12-17(13-11-16)23(3,4)5)25-26-22(27)32-14-20(29)24-18-8-7-9-19(15(18)2)28(30)31/h7-13H,6,14H2,1-5H3,(H,24,29). The Morgan fingerprint density at radius 2 is 1.84 bits per heavy atom. The van der Waals surface area contributed by atoms with Gasteiger partial charge in [-0.1, -0.05) is 62.9 Å². The van der Waals surface area contributed by atoms with Crippen molar-refractivity contribution in [2.75, 3.05) is 11.1 Å². The quantitative estimate of drug-likeness (QED) is 0.299. The third-order valence-corrected chi connectivity index (χ3v) is 6.12. The summed E-state index contributed by atoms with van der Waals surface area (Å²) in [5, 5.41) is 23.1. The van der Waals surface area contributed by atoms with Crippen LogP contribution in [0.2, 0.25) is 0 Å². The molecule has 3 aromatic rings. The van der Waals surface area contributed by atoms with Crippen LogP contribution >= 0.6 is 11.8 Å². The topological polar surface area (TPSA) is 103 Å². The van der Waals surface area contributed by atoms with E-state index in [4.69, 9.17) is 0 Å². The SMILES string of the molecule is CCn1c(SCC(=O)Nc2cccc([N+](=O)[O-])c2C)nnc1-c1ccc(C(C)(C)C)cc1. The van der Waals surface area contributed by atoms with Crippen LogP contribution in [0.1, 0.15) is 38.8 Å². The van der Waals surface area contributed by atoms with E-state index in [-0.39, 0.29) is 22.8 Å². The summed E-state index contributed by atoms with van der Waals surface area (Å²) in [6.45, 7) is 10.8. The Labute approximate surface area is 191 Å². The minimum absolute atomic E-state index is 0.0247. The zero-order valence-electron chi connectivity index (χ0n) is 18.9. The molecule has 1 heterocycles. The van der Waals surface area contributed by atoms with E-state index >= 15 is 0 Å². The largest absolute Gasteiger partial charge is 0.325 e. The summed E-state index contributed by atoms with van der Waals surface area (Å²) in [7, 11) is 0. The molecule has 0 fully saturated rings. The van der Waals surface area contributed by atoms with Crippen molar-refractivity contribution in [2.24, 2.45) is 0 Å². The van der Waals surface area contributed by atoms with Crippen molar-refractivity contribution >= 4 is 29.0 Å². The maximum absolute atomic E-state index is 12.5. The fourth-order valence-electron chi connectivity index (χ4n) is 3.29. The maximum atomic E-state index is 12.5. The number of nitrogens with one attached hydrogen (secondary N) is 1. The molecule has 1 N–H and O–H groups in total. The van der Waals surface area contributed by atoms with Gasteiger partial charge < -0.3 is 9.88 Å². The van der Waals surface area contributed by atoms with Crippen molar-refractivity contribution in [1.82, 2.24) is 14.8 Å². The Morgan fingerprint density at radius 1 is 1.16 bits per heavy atom. The normalized spacial score (nSPS) is 11.4. The first kappa shape index (κ1) is 23.5. The number of aromatic nitrogens is 3. The second-order valence-electron chi connectivity index (χ2n) is 8.42. The molecule has 0 saturated carbocycles. The molecule has 8 nitrogen and oxygen atoms in total. The molecule has 3 rings (SSSR count). The molecule has 32 heavy (non-hydrogen) atoms. The lowest BCUT2D eigenvalue weighted by Crippen LogP contribution is -2.15. The molecule has 2 aromatic carbocycles. The summed E-state index contributed by atoms with van der Waals surface area (Å²) in [5.41, 5.74) is 3.11. The molecular weight excluding hydrogens is 426 g/mol. The van der Waals surface area contributed by atoms with Crippen LogP contribution < -0.4 is 5.32 Å². The summed E-state index contributed by atoms with van der Waals surface area (Å²) in [4.78, 5) is 23.1. The predicted molar refractivity (Wildman–Crippen MR) is 127 cm³/mol. The van der Waals surface area contributed by atoms with Crippen molar-refractivity contribution in [3.63, 3.8) is 0 Å². The van der Waals surface area contributed by atoms with Crippen LogP contribution in [0.4, 0.5) is 11.4 Å². The minimum Gasteiger partial charge on any atom is -0.325 e. The van der Waals surface area contributed by atoms with Crippen LogP contribution in [-0.2, 0) is 16.8 Å². The van der Waals surface area contributed by atoms with E-state index in [0.717, 1.165) is 11.4 Å². The van der Waals surface area contributed by atoms with Crippen molar-refractivity contribution in [3.8, 4) is 11.4 Å². The number of hydrogen-bond donors (Lipinski definition) is 1. The third kappa shape index (κ3) is 5.16. The first-order valence-electron chi connectivity index (χ1n) is 10.3. The third-order valence-electron chi connectivity index (χ3n) is 5.15. The molecule has 1 amide bonds. The van der Waals surface area contributed by atoms with Gasteiger partial charge in [0.15, 0.2) is 11.0 Å². The van der Waals surface area contributed by atoms with Gasteiger partial charge in [-0.15, -0.1) is 10.2 Å². The van der Waals surface area contributed by atoms with E-state index in [2.05, 4.69) is 48.4 Å². The Balaban J connectivity index is 1.71. The molecule has 1 aromatic heterocycles. The minimum atomic E-state index is -0.459. The number of anilines is 1. The van der Waals surface area contributed by atoms with E-state index in [9.17, 15) is 14.9 Å². The zero-order chi connectivity index (χ0) is 23.5. The summed E-state index contributed by atoms with van der Waals surface area (Å²) in [6, 6.07) is 12.9. The van der Waals surface area contributed by atoms with Gasteiger partial charge in [-0.25, -0.2) is 0 Å². The van der Waals surface area contributed by atoms with Gasteiger partial charge in [0.1, 0.15) is 0 Å². The number of nitro benzene ring substituents is 1. The van der Waals surface area contributed by atoms with Gasteiger partial charge >= 0.3 is 0 Å². The Hall–Kier alpha value is -3.20. The summed E-state index contributed by atoms with van der Waals surface area (Å²) < 4.78 is 1.97. The average molecular weight is 454 g/mol. The van der Waals surface area contributed by atoms with E-state index < -0.39 is 4.92 Å². The highest BCUT2D eigenvalue weighted by atomic mass is 32.2. The van der Waals surface area contributed by atoms with Crippen LogP contribution in [0.25, 0.3) is 11.4 Å². The molecule has 0 aliphatic carbocycles. The van der Waals surface area contributed by atoms with E-state index in [1.54, 1.807) is 19.1 Å². The predicted octanol–water partition coefficient (Wildman–Crippen LogP) is 5.21. The van der Waals surface area contributed by atoms with Crippen LogP contribution in [0.3, 0.4) is 0 Å². The molecule has 0 aliphatic rings. The van der Waals surface area contributed by atoms with Crippen LogP contribution in [0, 0.1) is 17.0 Å². The van der Waals surface area contributed by atoms with Crippen molar-refractivity contribution in [3.05, 3.63) is 63.7 Å². The molecule has 0 radical (unpaired) electrons. The molecule has 0 unspecified atom stereocenters. The number of carbonyl (C=O) groups excluding carboxylic acids is 1. The van der Waals surface area contributed by atoms with Crippen LogP contribution in [-0.4, -0.2) is 31.3 Å². The molecule has 168 valence electrons. The second-order valence-corrected chi connectivity index (χ2v) is 9.36. The number of hydrogen-bond acceptors (Lipinski definition) is 6. The van der Waals surface area contributed by atoms with Gasteiger partial charge in [-0.3, -0.25) is 14.9 Å². The molecule has 0 aliphatic heterocycles. The summed E-state index contributed by atoms with van der Waals surface area (Å²) in [5.74, 6) is 0.606. The molecular formula is C23H27N5O3S. The lowest BCUT2D eigenvalue weighted by molar-refractivity contribution is -0.385. The molecule has 0 saturated heterocycles. The number of nitro groups is 1. The monoisotopic (exact) mass is 453 g/mol. The summed E-state index contributed by atoms with van der Waals surface area (Å²) >= 11 is 1.28. The van der Waals surface area contributed by atoms with Gasteiger partial charge in [0.2, 0.25) is 5.91 Å². The fraction of sp³-hybridized carbons (Fsp3) is 0.348. The number of rotatable bonds is 7. The second kappa shape index (κ2) is 9.52. The van der Waals surface area contributed by atoms with E-state index in [1.165, 1.54) is 23.4 Å². The Kier molecular flexibility index (Phi) is 6.98. The first-order chi connectivity index (χ1) is 15.1. The van der Waals surface area contributed by atoms with Gasteiger partial charge in [-0.2, -0.15) is 0 Å². The lowest BCUT2D eigenvalue weighted by atomic mass is 9.87. The van der Waals surface area contributed by atoms with Gasteiger partial charge in [-0.05, 0) is 30.9 Å². The van der Waals surface area contributed by atoms with E-state index in [1.807, 2.05) is 23.6 Å². The average Bonchev–Trinajstić information content (AvgIpc) is 3.16. The number of nitrogens with zero attached hydrogens (tertiary/aromatic N) is 4. The maximum Gasteiger partial charge on any atom is 0.274 e. The highest BCUT2D eigenvalue weighted by Gasteiger charge is 2.18. The van der Waals surface area contributed by atoms with Crippen molar-refractivity contribution in [2.45, 2.75) is 51.7 Å². The molecule has 0 spiro atoms. The fourth-order valence-corrected chi connectivity index (χ4v) is 4.09. The molecule has 0 atom stereocenters. The number of carbonyl (C=O) groups is 1. The Bertz CT molecular complexity index is 1130. The van der Waals surface area contributed by atoms with Gasteiger partial charge in [0, 0.05) is 18.2 Å². The molecule has 0 bridgehead atoms. The number of amides is 1. The highest BCUT2D eigenvalue weighted by molar-refractivity contribution is 7.99. The number of benzene rings is 2. The van der Waals surface area contributed by atoms with Crippen LogP contribution in [0.15, 0.2) is 47.6 Å². The molecule has 9 heteroatoms. The number of thioether (sulfide) groups is 1. The van der Waals surface area contributed by atoms with Crippen LogP contribution in [0.5, 0.6) is 0 Å². The van der Waals surface area contributed by atoms with Gasteiger partial charge in [0.05, 0.1) is 21.9 Å². The summed E-state index contributed by atoms with van der Waals surface area (Å²) in [6.07, 6.45) is 0. The smallest absolute Gasteiger partial charge is 0.274 e. The first-order valence-corrected chi connectivity index (χ1v) is 11.3. The van der Waals surface area contributed by atoms with Gasteiger partial charge in [0.25, 0.3) is 5.69 Å². The van der Waals surface area contributed by atoms with Crippen molar-refractivity contribution in [1.29, 1.82) is 0 Å². The zero-order valence-corrected chi connectivity index (χ0v) is 19.7.